The van der Waals surface area contributed by atoms with E-state index in [1.807, 2.05) is 38.1 Å². The van der Waals surface area contributed by atoms with Gasteiger partial charge in [-0.05, 0) is 55.3 Å². The SMILES string of the molecule is CC(=O)N(c1ccc(C)c(C)c1)c1nc(/C=C(\C#N)C(=O)Nc2ccc3c(c2)OCCO3)cs1. The Morgan fingerprint density at radius 1 is 1.12 bits per heavy atom. The number of ether oxygens (including phenoxy) is 2. The van der Waals surface area contributed by atoms with Crippen LogP contribution >= 0.6 is 11.3 Å². The van der Waals surface area contributed by atoms with Gasteiger partial charge in [-0.3, -0.25) is 14.5 Å². The summed E-state index contributed by atoms with van der Waals surface area (Å²) in [6.07, 6.45) is 1.39. The second-order valence-electron chi connectivity index (χ2n) is 7.66. The third-order valence-electron chi connectivity index (χ3n) is 5.22. The molecule has 1 N–H and O–H groups in total. The second kappa shape index (κ2) is 9.77. The van der Waals surface area contributed by atoms with Crippen LogP contribution in [-0.4, -0.2) is 30.0 Å². The molecular weight excluding hydrogens is 452 g/mol. The molecule has 1 aliphatic rings. The predicted octanol–water partition coefficient (Wildman–Crippen LogP) is 4.76. The minimum Gasteiger partial charge on any atom is -0.486 e. The molecule has 0 spiro atoms. The van der Waals surface area contributed by atoms with Crippen LogP contribution in [0.2, 0.25) is 0 Å². The van der Waals surface area contributed by atoms with Crippen molar-refractivity contribution in [1.82, 2.24) is 4.98 Å². The number of fused-ring (bicyclic) bond motifs is 1. The fraction of sp³-hybridized carbons (Fsp3) is 0.200. The average Bonchev–Trinajstić information content (AvgIpc) is 3.27. The summed E-state index contributed by atoms with van der Waals surface area (Å²) < 4.78 is 11.0. The standard InChI is InChI=1S/C25H22N4O4S/c1-15-4-6-21(10-16(15)2)29(17(3)30)25-28-20(14-34-25)11-18(13-26)24(31)27-19-5-7-22-23(12-19)33-9-8-32-22/h4-7,10-12,14H,8-9H2,1-3H3,(H,27,31)/b18-11+. The maximum atomic E-state index is 12.7. The van der Waals surface area contributed by atoms with E-state index in [1.54, 1.807) is 23.6 Å². The van der Waals surface area contributed by atoms with Crippen LogP contribution in [0.1, 0.15) is 23.7 Å². The van der Waals surface area contributed by atoms with Crippen LogP contribution in [-0.2, 0) is 9.59 Å². The highest BCUT2D eigenvalue weighted by Gasteiger charge is 2.19. The van der Waals surface area contributed by atoms with Crippen LogP contribution in [0, 0.1) is 25.2 Å². The number of hydrogen-bond acceptors (Lipinski definition) is 7. The van der Waals surface area contributed by atoms with Crippen molar-refractivity contribution < 1.29 is 19.1 Å². The Balaban J connectivity index is 1.55. The van der Waals surface area contributed by atoms with E-state index in [4.69, 9.17) is 9.47 Å². The van der Waals surface area contributed by atoms with Crippen LogP contribution in [0.5, 0.6) is 11.5 Å². The molecule has 8 nitrogen and oxygen atoms in total. The number of benzene rings is 2. The number of thiazole rings is 1. The van der Waals surface area contributed by atoms with E-state index in [0.29, 0.717) is 46.9 Å². The van der Waals surface area contributed by atoms with E-state index in [-0.39, 0.29) is 11.5 Å². The first-order chi connectivity index (χ1) is 16.4. The van der Waals surface area contributed by atoms with Crippen LogP contribution in [0.3, 0.4) is 0 Å². The number of nitriles is 1. The Hall–Kier alpha value is -4.16. The molecule has 0 saturated carbocycles. The lowest BCUT2D eigenvalue weighted by atomic mass is 10.1. The van der Waals surface area contributed by atoms with E-state index in [1.165, 1.54) is 29.2 Å². The zero-order chi connectivity index (χ0) is 24.2. The number of rotatable bonds is 5. The Labute approximate surface area is 201 Å². The van der Waals surface area contributed by atoms with Gasteiger partial charge in [0.05, 0.1) is 11.4 Å². The Bertz CT molecular complexity index is 1340. The highest BCUT2D eigenvalue weighted by atomic mass is 32.1. The van der Waals surface area contributed by atoms with Gasteiger partial charge in [0.2, 0.25) is 5.91 Å². The normalized spacial score (nSPS) is 12.6. The molecule has 4 rings (SSSR count). The van der Waals surface area contributed by atoms with Crippen molar-refractivity contribution in [3.63, 3.8) is 0 Å². The van der Waals surface area contributed by atoms with Crippen molar-refractivity contribution in [2.75, 3.05) is 23.4 Å². The molecule has 0 radical (unpaired) electrons. The molecule has 2 amide bonds. The van der Waals surface area contributed by atoms with Gasteiger partial charge in [0.1, 0.15) is 24.9 Å². The maximum Gasteiger partial charge on any atom is 0.266 e. The summed E-state index contributed by atoms with van der Waals surface area (Å²) >= 11 is 1.25. The van der Waals surface area contributed by atoms with Crippen molar-refractivity contribution in [2.45, 2.75) is 20.8 Å². The van der Waals surface area contributed by atoms with Gasteiger partial charge in [0, 0.05) is 24.1 Å². The number of carbonyl (C=O) groups is 2. The van der Waals surface area contributed by atoms with Crippen LogP contribution in [0.25, 0.3) is 6.08 Å². The third kappa shape index (κ3) is 4.92. The number of carbonyl (C=O) groups excluding carboxylic acids is 2. The van der Waals surface area contributed by atoms with Gasteiger partial charge in [0.25, 0.3) is 5.91 Å². The van der Waals surface area contributed by atoms with Crippen molar-refractivity contribution in [3.05, 3.63) is 64.2 Å². The molecule has 172 valence electrons. The van der Waals surface area contributed by atoms with Crippen molar-refractivity contribution in [1.29, 1.82) is 5.26 Å². The zero-order valence-corrected chi connectivity index (χ0v) is 19.7. The molecule has 0 fully saturated rings. The summed E-state index contributed by atoms with van der Waals surface area (Å²) in [5, 5.41) is 14.4. The number of nitrogens with zero attached hydrogens (tertiary/aromatic N) is 3. The first-order valence-electron chi connectivity index (χ1n) is 10.5. The zero-order valence-electron chi connectivity index (χ0n) is 18.9. The van der Waals surface area contributed by atoms with E-state index in [0.717, 1.165) is 11.1 Å². The van der Waals surface area contributed by atoms with Crippen molar-refractivity contribution in [3.8, 4) is 17.6 Å². The average molecular weight is 475 g/mol. The lowest BCUT2D eigenvalue weighted by Crippen LogP contribution is -2.22. The molecule has 34 heavy (non-hydrogen) atoms. The Morgan fingerprint density at radius 3 is 2.59 bits per heavy atom. The molecular formula is C25H22N4O4S. The molecule has 2 heterocycles. The smallest absolute Gasteiger partial charge is 0.266 e. The highest BCUT2D eigenvalue weighted by Crippen LogP contribution is 2.33. The van der Waals surface area contributed by atoms with E-state index in [9.17, 15) is 14.9 Å². The van der Waals surface area contributed by atoms with Gasteiger partial charge in [-0.15, -0.1) is 11.3 Å². The van der Waals surface area contributed by atoms with Crippen LogP contribution in [0.15, 0.2) is 47.4 Å². The van der Waals surface area contributed by atoms with Gasteiger partial charge >= 0.3 is 0 Å². The third-order valence-corrected chi connectivity index (χ3v) is 6.07. The topological polar surface area (TPSA) is 105 Å². The van der Waals surface area contributed by atoms with Gasteiger partial charge in [-0.2, -0.15) is 5.26 Å². The lowest BCUT2D eigenvalue weighted by Gasteiger charge is -2.19. The summed E-state index contributed by atoms with van der Waals surface area (Å²) in [7, 11) is 0. The monoisotopic (exact) mass is 474 g/mol. The van der Waals surface area contributed by atoms with Crippen LogP contribution in [0.4, 0.5) is 16.5 Å². The Kier molecular flexibility index (Phi) is 6.61. The largest absolute Gasteiger partial charge is 0.486 e. The molecule has 1 aliphatic heterocycles. The fourth-order valence-corrected chi connectivity index (χ4v) is 4.20. The highest BCUT2D eigenvalue weighted by molar-refractivity contribution is 7.14. The van der Waals surface area contributed by atoms with E-state index in [2.05, 4.69) is 10.3 Å². The molecule has 0 atom stereocenters. The van der Waals surface area contributed by atoms with E-state index >= 15 is 0 Å². The molecule has 0 saturated heterocycles. The lowest BCUT2D eigenvalue weighted by molar-refractivity contribution is -0.116. The second-order valence-corrected chi connectivity index (χ2v) is 8.50. The molecule has 0 aliphatic carbocycles. The van der Waals surface area contributed by atoms with Gasteiger partial charge in [-0.25, -0.2) is 4.98 Å². The van der Waals surface area contributed by atoms with Gasteiger partial charge < -0.3 is 14.8 Å². The van der Waals surface area contributed by atoms with Gasteiger partial charge in [-0.1, -0.05) is 6.07 Å². The quantitative estimate of drug-likeness (QED) is 0.422. The molecule has 3 aromatic rings. The molecule has 1 aromatic heterocycles. The summed E-state index contributed by atoms with van der Waals surface area (Å²) in [6, 6.07) is 12.7. The predicted molar refractivity (Wildman–Crippen MR) is 131 cm³/mol. The number of nitrogens with one attached hydrogen (secondary N) is 1. The molecule has 0 unspecified atom stereocenters. The summed E-state index contributed by atoms with van der Waals surface area (Å²) in [4.78, 5) is 31.1. The number of amides is 2. The summed E-state index contributed by atoms with van der Waals surface area (Å²) in [5.41, 5.74) is 3.65. The number of anilines is 3. The minimum absolute atomic E-state index is 0.118. The van der Waals surface area contributed by atoms with Crippen molar-refractivity contribution in [2.24, 2.45) is 0 Å². The first kappa shape index (κ1) is 23.0. The Morgan fingerprint density at radius 2 is 1.88 bits per heavy atom. The minimum atomic E-state index is -0.577. The van der Waals surface area contributed by atoms with E-state index < -0.39 is 5.91 Å². The number of hydrogen-bond donors (Lipinski definition) is 1. The maximum absolute atomic E-state index is 12.7. The van der Waals surface area contributed by atoms with Gasteiger partial charge in [0.15, 0.2) is 16.6 Å². The van der Waals surface area contributed by atoms with Crippen molar-refractivity contribution >= 4 is 45.7 Å². The molecule has 9 heteroatoms. The summed E-state index contributed by atoms with van der Waals surface area (Å²) in [6.45, 7) is 6.35. The molecule has 0 bridgehead atoms. The first-order valence-corrected chi connectivity index (χ1v) is 11.4. The number of aromatic nitrogens is 1. The molecule has 2 aromatic carbocycles. The van der Waals surface area contributed by atoms with Crippen LogP contribution < -0.4 is 19.7 Å². The summed E-state index contributed by atoms with van der Waals surface area (Å²) in [5.74, 6) is 0.372. The fourth-order valence-electron chi connectivity index (χ4n) is 3.35. The number of aryl methyl sites for hydroxylation is 2.